The van der Waals surface area contributed by atoms with E-state index in [1.54, 1.807) is 24.4 Å². The van der Waals surface area contributed by atoms with Crippen LogP contribution >= 0.6 is 10.5 Å². The molecule has 3 N–H and O–H groups in total. The van der Waals surface area contributed by atoms with E-state index in [1.807, 2.05) is 6.26 Å². The van der Waals surface area contributed by atoms with Crippen molar-refractivity contribution in [1.82, 2.24) is 9.72 Å². The standard InChI is InChI=1S/C16H14F3N3OSe.C8H14S/c17-16(18,19)24-15-11(3-1-7-21-14(23)10-5-6-10)9-13-12(20)4-2-8-22(13)15;1-4-5-6-7-8-9(2)3/h2,4,8-10H,5-7,20H2,(H,21,23);2,4-6H2,1,3H3. The van der Waals surface area contributed by atoms with Crippen molar-refractivity contribution in [2.45, 2.75) is 44.1 Å². The molecule has 0 saturated heterocycles. The average molecular weight is 543 g/mol. The van der Waals surface area contributed by atoms with E-state index < -0.39 is 20.0 Å². The summed E-state index contributed by atoms with van der Waals surface area (Å²) in [7, 11) is 0.0699. The van der Waals surface area contributed by atoms with Gasteiger partial charge < -0.3 is 0 Å². The summed E-state index contributed by atoms with van der Waals surface area (Å²) in [6, 6.07) is 4.80. The number of nitrogens with one attached hydrogen (secondary N) is 1. The first kappa shape index (κ1) is 26.9. The van der Waals surface area contributed by atoms with Crippen molar-refractivity contribution < 1.29 is 18.0 Å². The third-order valence-electron chi connectivity index (χ3n) is 4.43. The minimum atomic E-state index is -4.29. The van der Waals surface area contributed by atoms with Gasteiger partial charge in [-0.05, 0) is 17.9 Å². The van der Waals surface area contributed by atoms with Crippen LogP contribution in [0.2, 0.25) is 0 Å². The third kappa shape index (κ3) is 9.60. The summed E-state index contributed by atoms with van der Waals surface area (Å²) in [4.78, 5) is 11.5. The number of carbonyl (C=O) groups excluding carboxylic acids is 1. The van der Waals surface area contributed by atoms with Crippen LogP contribution in [0.4, 0.5) is 18.9 Å². The van der Waals surface area contributed by atoms with E-state index in [1.165, 1.54) is 17.2 Å². The predicted octanol–water partition coefficient (Wildman–Crippen LogP) is 3.72. The van der Waals surface area contributed by atoms with E-state index in [9.17, 15) is 18.0 Å². The minimum absolute atomic E-state index is 0.0460. The molecule has 1 aliphatic rings. The molecule has 1 fully saturated rings. The van der Waals surface area contributed by atoms with Crippen molar-refractivity contribution in [1.29, 1.82) is 0 Å². The van der Waals surface area contributed by atoms with Crippen molar-refractivity contribution >= 4 is 53.0 Å². The second-order valence-corrected chi connectivity index (χ2v) is 11.1. The summed E-state index contributed by atoms with van der Waals surface area (Å²) in [5.74, 6) is 12.4. The van der Waals surface area contributed by atoms with Crippen LogP contribution in [-0.4, -0.2) is 49.0 Å². The van der Waals surface area contributed by atoms with Gasteiger partial charge in [-0.15, -0.1) is 10.5 Å². The number of rotatable bonds is 5. The van der Waals surface area contributed by atoms with Crippen molar-refractivity contribution in [3.05, 3.63) is 30.0 Å². The Morgan fingerprint density at radius 1 is 1.39 bits per heavy atom. The Labute approximate surface area is 202 Å². The summed E-state index contributed by atoms with van der Waals surface area (Å²) in [6.45, 7) is 2.30. The topological polar surface area (TPSA) is 59.5 Å². The van der Waals surface area contributed by atoms with Gasteiger partial charge in [-0.2, -0.15) is 0 Å². The molecule has 1 atom stereocenters. The van der Waals surface area contributed by atoms with Crippen LogP contribution in [0.15, 0.2) is 24.4 Å². The number of hydrogen-bond donors (Lipinski definition) is 2. The Hall–Kier alpha value is -2.32. The monoisotopic (exact) mass is 543 g/mol. The van der Waals surface area contributed by atoms with E-state index in [4.69, 9.17) is 5.73 Å². The van der Waals surface area contributed by atoms with Crippen molar-refractivity contribution in [2.24, 2.45) is 5.92 Å². The molecule has 1 aliphatic carbocycles. The first-order chi connectivity index (χ1) is 15.6. The number of anilines is 1. The molecule has 4 nitrogen and oxygen atoms in total. The van der Waals surface area contributed by atoms with Crippen LogP contribution in [0.1, 0.15) is 44.6 Å². The summed E-state index contributed by atoms with van der Waals surface area (Å²) in [5.41, 5.74) is 7.03. The van der Waals surface area contributed by atoms with Gasteiger partial charge in [0.1, 0.15) is 0 Å². The molecule has 0 spiro atoms. The zero-order chi connectivity index (χ0) is 24.4. The van der Waals surface area contributed by atoms with Crippen molar-refractivity contribution in [3.63, 3.8) is 0 Å². The van der Waals surface area contributed by atoms with Gasteiger partial charge in [-0.1, -0.05) is 25.1 Å². The fourth-order valence-corrected chi connectivity index (χ4v) is 4.51. The number of aromatic nitrogens is 1. The van der Waals surface area contributed by atoms with Crippen LogP contribution < -0.4 is 15.6 Å². The van der Waals surface area contributed by atoms with Gasteiger partial charge in [-0.3, -0.25) is 0 Å². The van der Waals surface area contributed by atoms with Gasteiger partial charge in [-0.25, -0.2) is 0 Å². The Morgan fingerprint density at radius 3 is 2.73 bits per heavy atom. The molecule has 0 radical (unpaired) electrons. The zero-order valence-corrected chi connectivity index (χ0v) is 21.2. The SMILES string of the molecule is C=S(C)C#CCCCC.Nc1cccn2c([Se]C(F)(F)F)c(C#CCNC(=O)C3CC3)cc12. The normalized spacial score (nSPS) is 13.6. The van der Waals surface area contributed by atoms with Gasteiger partial charge >= 0.3 is 142 Å². The van der Waals surface area contributed by atoms with Crippen molar-refractivity contribution in [2.75, 3.05) is 18.5 Å². The number of halogens is 3. The first-order valence-corrected chi connectivity index (χ1v) is 14.0. The molecule has 1 saturated carbocycles. The Bertz CT molecular complexity index is 1120. The molecule has 0 aromatic carbocycles. The molecule has 0 bridgehead atoms. The molecule has 9 heteroatoms. The molecule has 2 heterocycles. The summed E-state index contributed by atoms with van der Waals surface area (Å²) >= 11 is -1.74. The molecule has 33 heavy (non-hydrogen) atoms. The third-order valence-corrected chi connectivity index (χ3v) is 6.69. The summed E-state index contributed by atoms with van der Waals surface area (Å²) < 4.78 is 40.2. The molecule has 0 aliphatic heterocycles. The number of alkyl halides is 3. The van der Waals surface area contributed by atoms with Crippen LogP contribution in [0.25, 0.3) is 5.52 Å². The molecule has 2 aromatic rings. The number of unbranched alkanes of at least 4 members (excludes halogenated alkanes) is 2. The average Bonchev–Trinajstić information content (AvgIpc) is 3.53. The molecular formula is C24H28F3N3OSSe. The number of nitrogens with two attached hydrogens (primary N) is 1. The van der Waals surface area contributed by atoms with Crippen LogP contribution in [0.5, 0.6) is 0 Å². The van der Waals surface area contributed by atoms with Gasteiger partial charge in [0.2, 0.25) is 0 Å². The second kappa shape index (κ2) is 12.8. The van der Waals surface area contributed by atoms with Gasteiger partial charge in [0.25, 0.3) is 0 Å². The van der Waals surface area contributed by atoms with Gasteiger partial charge in [0, 0.05) is 6.42 Å². The number of nitrogen functional groups attached to an aromatic ring is 1. The first-order valence-electron chi connectivity index (χ1n) is 10.5. The van der Waals surface area contributed by atoms with E-state index in [2.05, 4.69) is 41.1 Å². The van der Waals surface area contributed by atoms with E-state index in [0.29, 0.717) is 16.8 Å². The maximum atomic E-state index is 12.9. The fourth-order valence-electron chi connectivity index (χ4n) is 2.70. The van der Waals surface area contributed by atoms with E-state index >= 15 is 0 Å². The Balaban J connectivity index is 0.000000365. The molecule has 178 valence electrons. The maximum absolute atomic E-state index is 12.9. The molecule has 2 aromatic heterocycles. The number of fused-ring (bicyclic) bond motifs is 1. The van der Waals surface area contributed by atoms with Crippen LogP contribution in [-0.2, 0) is 4.79 Å². The molecule has 1 unspecified atom stereocenters. The van der Waals surface area contributed by atoms with Crippen molar-refractivity contribution in [3.8, 4) is 23.0 Å². The Kier molecular flexibility index (Phi) is 10.4. The number of carbonyl (C=O) groups is 1. The molecule has 1 amide bonds. The predicted molar refractivity (Wildman–Crippen MR) is 134 cm³/mol. The van der Waals surface area contributed by atoms with E-state index in [-0.39, 0.29) is 33.4 Å². The molecular weight excluding hydrogens is 514 g/mol. The number of hydrogen-bond acceptors (Lipinski definition) is 2. The van der Waals surface area contributed by atoms with Crippen LogP contribution in [0.3, 0.4) is 0 Å². The van der Waals surface area contributed by atoms with Crippen LogP contribution in [0, 0.1) is 28.9 Å². The second-order valence-electron chi connectivity index (χ2n) is 7.44. The number of pyridine rings is 1. The molecule has 3 rings (SSSR count). The summed E-state index contributed by atoms with van der Waals surface area (Å²) in [6.07, 6.45) is 8.88. The van der Waals surface area contributed by atoms with Gasteiger partial charge in [0.05, 0.1) is 0 Å². The quantitative estimate of drug-likeness (QED) is 0.262. The number of amides is 1. The van der Waals surface area contributed by atoms with Gasteiger partial charge in [0.15, 0.2) is 0 Å². The fraction of sp³-hybridized carbons (Fsp3) is 0.417. The zero-order valence-electron chi connectivity index (χ0n) is 18.7. The summed E-state index contributed by atoms with van der Waals surface area (Å²) in [5, 5.41) is 1.42. The Morgan fingerprint density at radius 2 is 2.12 bits per heavy atom. The number of nitrogens with zero attached hydrogens (tertiary/aromatic N) is 1. The van der Waals surface area contributed by atoms with E-state index in [0.717, 1.165) is 19.3 Å².